The number of amides is 1. The normalized spacial score (nSPS) is 11.7. The van der Waals surface area contributed by atoms with Crippen LogP contribution in [0.15, 0.2) is 0 Å². The van der Waals surface area contributed by atoms with Crippen LogP contribution in [0.4, 0.5) is 4.79 Å². The number of alkyl carbamates (subject to hydrolysis) is 1. The Morgan fingerprint density at radius 3 is 1.34 bits per heavy atom. The Balaban J connectivity index is 0. The Bertz CT molecular complexity index is 797. The molecule has 0 spiro atoms. The molecule has 2 N–H and O–H groups in total. The largest absolute Gasteiger partial charge is 0.483 e. The molecule has 0 saturated heterocycles. The first-order chi connectivity index (χ1) is 27.4. The molecule has 0 fully saturated rings. The van der Waals surface area contributed by atoms with E-state index in [1.165, 1.54) is 187 Å². The zero-order chi connectivity index (χ0) is 41.6. The van der Waals surface area contributed by atoms with Gasteiger partial charge in [0.25, 0.3) is 6.47 Å². The average Bonchev–Trinajstić information content (AvgIpc) is 3.19. The summed E-state index contributed by atoms with van der Waals surface area (Å²) in [4.78, 5) is 35.2. The summed E-state index contributed by atoms with van der Waals surface area (Å²) in [6, 6.07) is 0. The minimum Gasteiger partial charge on any atom is -0.483 e. The molecule has 56 heavy (non-hydrogen) atoms. The maximum atomic E-state index is 12.8. The van der Waals surface area contributed by atoms with Crippen molar-refractivity contribution in [1.29, 1.82) is 0 Å². The molecule has 8 nitrogen and oxygen atoms in total. The highest BCUT2D eigenvalue weighted by atomic mass is 16.5. The van der Waals surface area contributed by atoms with Crippen LogP contribution in [0.25, 0.3) is 0 Å². The molecule has 0 rings (SSSR count). The van der Waals surface area contributed by atoms with Crippen LogP contribution in [-0.2, 0) is 19.1 Å². The van der Waals surface area contributed by atoms with Crippen LogP contribution >= 0.6 is 0 Å². The van der Waals surface area contributed by atoms with Crippen LogP contribution in [-0.4, -0.2) is 67.9 Å². The first-order valence-corrected chi connectivity index (χ1v) is 24.2. The number of nitrogens with one attached hydrogen (secondary N) is 1. The highest BCUT2D eigenvalue weighted by Gasteiger charge is 2.14. The molecule has 334 valence electrons. The lowest BCUT2D eigenvalue weighted by Gasteiger charge is -2.22. The van der Waals surface area contributed by atoms with Crippen molar-refractivity contribution < 1.29 is 29.0 Å². The third kappa shape index (κ3) is 44.9. The number of esters is 1. The van der Waals surface area contributed by atoms with Gasteiger partial charge in [0.05, 0.1) is 7.11 Å². The van der Waals surface area contributed by atoms with Gasteiger partial charge in [-0.1, -0.05) is 188 Å². The number of carboxylic acid groups (broad SMARTS) is 1. The van der Waals surface area contributed by atoms with Gasteiger partial charge >= 0.3 is 12.1 Å². The van der Waals surface area contributed by atoms with Crippen molar-refractivity contribution in [3.63, 3.8) is 0 Å². The van der Waals surface area contributed by atoms with E-state index in [1.807, 2.05) is 0 Å². The second-order valence-electron chi connectivity index (χ2n) is 16.7. The molecule has 0 aliphatic heterocycles. The van der Waals surface area contributed by atoms with Crippen molar-refractivity contribution in [2.45, 2.75) is 252 Å². The van der Waals surface area contributed by atoms with Crippen LogP contribution in [0.5, 0.6) is 0 Å². The molecule has 1 atom stereocenters. The van der Waals surface area contributed by atoms with E-state index in [4.69, 9.17) is 19.4 Å². The zero-order valence-electron chi connectivity index (χ0n) is 38.0. The second kappa shape index (κ2) is 47.5. The van der Waals surface area contributed by atoms with Crippen molar-refractivity contribution in [2.75, 3.05) is 33.3 Å². The summed E-state index contributed by atoms with van der Waals surface area (Å²) in [5, 5.41) is 9.72. The van der Waals surface area contributed by atoms with Gasteiger partial charge in [-0.3, -0.25) is 9.59 Å². The van der Waals surface area contributed by atoms with E-state index in [0.29, 0.717) is 13.0 Å². The third-order valence-corrected chi connectivity index (χ3v) is 11.2. The van der Waals surface area contributed by atoms with Crippen LogP contribution in [0.1, 0.15) is 246 Å². The monoisotopic (exact) mass is 797 g/mol. The minimum absolute atomic E-state index is 0.0291. The van der Waals surface area contributed by atoms with Crippen molar-refractivity contribution in [3.8, 4) is 0 Å². The summed E-state index contributed by atoms with van der Waals surface area (Å²) in [5.41, 5.74) is 0. The number of ether oxygens (including phenoxy) is 2. The number of nitrogens with zero attached hydrogens (tertiary/aromatic N) is 1. The predicted molar refractivity (Wildman–Crippen MR) is 239 cm³/mol. The molecule has 1 amide bonds. The lowest BCUT2D eigenvalue weighted by atomic mass is 9.96. The number of rotatable bonds is 42. The standard InChI is InChI=1S/C47H94N2O4.CH2O2/c1-6-9-12-15-20-27-35-44(4)36-28-21-18-25-32-41-49(43-34-40-48-47(51)52-5)42-33-26-19-24-31-39-46(50)53-45(37-29-22-16-13-10-7-2)38-30-23-17-14-11-8-3;2-1-3/h44-45H,6-43H2,1-5H3,(H,48,51);1H,(H,2,3). The van der Waals surface area contributed by atoms with Crippen LogP contribution in [0.3, 0.4) is 0 Å². The van der Waals surface area contributed by atoms with Gasteiger partial charge < -0.3 is 24.8 Å². The highest BCUT2D eigenvalue weighted by molar-refractivity contribution is 5.69. The quantitative estimate of drug-likeness (QED) is 0.0360. The molecule has 0 radical (unpaired) electrons. The van der Waals surface area contributed by atoms with Crippen molar-refractivity contribution >= 4 is 18.5 Å². The van der Waals surface area contributed by atoms with Crippen molar-refractivity contribution in [3.05, 3.63) is 0 Å². The molecular weight excluding hydrogens is 701 g/mol. The fourth-order valence-corrected chi connectivity index (χ4v) is 7.62. The first kappa shape index (κ1) is 56.3. The summed E-state index contributed by atoms with van der Waals surface area (Å²) in [6.07, 6.45) is 42.4. The second-order valence-corrected chi connectivity index (χ2v) is 16.7. The van der Waals surface area contributed by atoms with Gasteiger partial charge in [-0.05, 0) is 76.9 Å². The fourth-order valence-electron chi connectivity index (χ4n) is 7.62. The van der Waals surface area contributed by atoms with E-state index in [0.717, 1.165) is 57.7 Å². The van der Waals surface area contributed by atoms with Gasteiger partial charge in [-0.25, -0.2) is 4.79 Å². The Kier molecular flexibility index (Phi) is 47.8. The molecule has 0 aromatic heterocycles. The molecule has 0 saturated carbocycles. The van der Waals surface area contributed by atoms with Crippen LogP contribution < -0.4 is 5.32 Å². The van der Waals surface area contributed by atoms with Gasteiger partial charge in [0.1, 0.15) is 6.10 Å². The van der Waals surface area contributed by atoms with Crippen molar-refractivity contribution in [2.24, 2.45) is 5.92 Å². The summed E-state index contributed by atoms with van der Waals surface area (Å²) in [5.74, 6) is 0.914. The van der Waals surface area contributed by atoms with Gasteiger partial charge in [-0.2, -0.15) is 0 Å². The van der Waals surface area contributed by atoms with Gasteiger partial charge in [-0.15, -0.1) is 0 Å². The Labute approximate surface area is 348 Å². The fraction of sp³-hybridized carbons (Fsp3) is 0.938. The minimum atomic E-state index is -0.340. The third-order valence-electron chi connectivity index (χ3n) is 11.2. The number of carbonyl (C=O) groups is 3. The van der Waals surface area contributed by atoms with E-state index in [-0.39, 0.29) is 24.6 Å². The van der Waals surface area contributed by atoms with E-state index in [9.17, 15) is 9.59 Å². The van der Waals surface area contributed by atoms with Crippen molar-refractivity contribution in [1.82, 2.24) is 10.2 Å². The van der Waals surface area contributed by atoms with E-state index >= 15 is 0 Å². The van der Waals surface area contributed by atoms with E-state index in [2.05, 4.69) is 37.9 Å². The number of hydrogen-bond acceptors (Lipinski definition) is 6. The van der Waals surface area contributed by atoms with Gasteiger partial charge in [0, 0.05) is 13.0 Å². The number of hydrogen-bond donors (Lipinski definition) is 2. The summed E-state index contributed by atoms with van der Waals surface area (Å²) in [7, 11) is 1.42. The maximum Gasteiger partial charge on any atom is 0.406 e. The lowest BCUT2D eigenvalue weighted by molar-refractivity contribution is -0.150. The number of unbranched alkanes of at least 4 members (excludes halogenated alkanes) is 23. The summed E-state index contributed by atoms with van der Waals surface area (Å²) < 4.78 is 10.8. The Morgan fingerprint density at radius 2 is 0.911 bits per heavy atom. The molecule has 0 aromatic carbocycles. The van der Waals surface area contributed by atoms with Gasteiger partial charge in [0.2, 0.25) is 0 Å². The summed E-state index contributed by atoms with van der Waals surface area (Å²) >= 11 is 0. The number of carbonyl (C=O) groups excluding carboxylic acids is 2. The molecule has 0 aromatic rings. The molecule has 1 unspecified atom stereocenters. The predicted octanol–water partition coefficient (Wildman–Crippen LogP) is 14.2. The maximum absolute atomic E-state index is 12.8. The smallest absolute Gasteiger partial charge is 0.406 e. The molecule has 0 heterocycles. The zero-order valence-corrected chi connectivity index (χ0v) is 38.0. The SMILES string of the molecule is CCCCCCCCC(C)CCCCCCCN(CCCCCCCC(=O)OC(CCCCCCCC)CCCCCCCC)CCCNC(=O)OC.O=CO. The van der Waals surface area contributed by atoms with E-state index in [1.54, 1.807) is 0 Å². The Hall–Kier alpha value is -1.83. The van der Waals surface area contributed by atoms with Gasteiger partial charge in [0.15, 0.2) is 0 Å². The summed E-state index contributed by atoms with van der Waals surface area (Å²) in [6.45, 7) is 13.0. The van der Waals surface area contributed by atoms with Crippen LogP contribution in [0.2, 0.25) is 0 Å². The molecule has 0 aliphatic carbocycles. The molecular formula is C48H96N2O6. The molecule has 0 bridgehead atoms. The molecule has 8 heteroatoms. The topological polar surface area (TPSA) is 105 Å². The lowest BCUT2D eigenvalue weighted by Crippen LogP contribution is -2.31. The Morgan fingerprint density at radius 1 is 0.554 bits per heavy atom. The highest BCUT2D eigenvalue weighted by Crippen LogP contribution is 2.20. The first-order valence-electron chi connectivity index (χ1n) is 24.2. The average molecular weight is 797 g/mol. The van der Waals surface area contributed by atoms with E-state index < -0.39 is 0 Å². The van der Waals surface area contributed by atoms with Crippen LogP contribution in [0, 0.1) is 5.92 Å². The number of methoxy groups -OCH3 is 1. The molecule has 0 aliphatic rings.